The molecule has 0 unspecified atom stereocenters. The molecule has 2 heteroatoms. The van der Waals surface area contributed by atoms with Crippen LogP contribution in [0.15, 0.2) is 42.7 Å². The Hall–Kier alpha value is -1.34. The Labute approximate surface area is 100 Å². The van der Waals surface area contributed by atoms with Gasteiger partial charge < -0.3 is 0 Å². The summed E-state index contributed by atoms with van der Waals surface area (Å²) in [6.07, 6.45) is 6.49. The van der Waals surface area contributed by atoms with E-state index in [1.165, 1.54) is 18.4 Å². The molecule has 0 saturated heterocycles. The maximum Gasteiger partial charge on any atom is 0.0412 e. The number of hydrogen-bond acceptors (Lipinski definition) is 1. The summed E-state index contributed by atoms with van der Waals surface area (Å²) in [5, 5.41) is 0.773. The maximum absolute atomic E-state index is 5.99. The molecule has 1 aromatic heterocycles. The van der Waals surface area contributed by atoms with E-state index in [1.807, 2.05) is 30.6 Å². The highest BCUT2D eigenvalue weighted by molar-refractivity contribution is 6.30. The lowest BCUT2D eigenvalue weighted by Crippen LogP contribution is -1.85. The maximum atomic E-state index is 5.99. The molecule has 0 atom stereocenters. The minimum Gasteiger partial charge on any atom is -0.264 e. The summed E-state index contributed by atoms with van der Waals surface area (Å²) in [6, 6.07) is 10.1. The summed E-state index contributed by atoms with van der Waals surface area (Å²) in [5.41, 5.74) is 3.66. The molecule has 1 nitrogen and oxygen atoms in total. The van der Waals surface area contributed by atoms with Crippen molar-refractivity contribution in [3.8, 4) is 11.1 Å². The average molecular weight is 230 g/mol. The molecule has 1 saturated carbocycles. The summed E-state index contributed by atoms with van der Waals surface area (Å²) >= 11 is 5.99. The molecule has 0 bridgehead atoms. The number of nitrogens with zero attached hydrogens (tertiary/aromatic N) is 1. The molecule has 0 aliphatic heterocycles. The first kappa shape index (κ1) is 9.86. The second-order valence-electron chi connectivity index (χ2n) is 4.29. The third kappa shape index (κ3) is 1.96. The van der Waals surface area contributed by atoms with E-state index in [1.54, 1.807) is 0 Å². The summed E-state index contributed by atoms with van der Waals surface area (Å²) in [7, 11) is 0. The summed E-state index contributed by atoms with van der Waals surface area (Å²) in [5.74, 6) is 0.742. The van der Waals surface area contributed by atoms with Gasteiger partial charge in [-0.1, -0.05) is 23.7 Å². The van der Waals surface area contributed by atoms with Gasteiger partial charge in [0.15, 0.2) is 0 Å². The first-order valence-corrected chi connectivity index (χ1v) is 5.91. The summed E-state index contributed by atoms with van der Waals surface area (Å²) in [4.78, 5) is 4.31. The van der Waals surface area contributed by atoms with E-state index < -0.39 is 0 Å². The smallest absolute Gasteiger partial charge is 0.0412 e. The minimum atomic E-state index is 0.742. The molecule has 3 rings (SSSR count). The quantitative estimate of drug-likeness (QED) is 0.749. The third-order valence-electron chi connectivity index (χ3n) is 2.97. The Bertz CT molecular complexity index is 518. The molecule has 1 aliphatic carbocycles. The predicted molar refractivity (Wildman–Crippen MR) is 66.7 cm³/mol. The topological polar surface area (TPSA) is 12.9 Å². The average Bonchev–Trinajstić information content (AvgIpc) is 3.13. The molecule has 1 aromatic carbocycles. The van der Waals surface area contributed by atoms with E-state index in [-0.39, 0.29) is 0 Å². The lowest BCUT2D eigenvalue weighted by atomic mass is 10.0. The highest BCUT2D eigenvalue weighted by Gasteiger charge is 2.23. The van der Waals surface area contributed by atoms with Crippen molar-refractivity contribution < 1.29 is 0 Å². The molecule has 16 heavy (non-hydrogen) atoms. The van der Waals surface area contributed by atoms with E-state index in [2.05, 4.69) is 17.1 Å². The van der Waals surface area contributed by atoms with Gasteiger partial charge in [0.25, 0.3) is 0 Å². The zero-order valence-electron chi connectivity index (χ0n) is 8.86. The Balaban J connectivity index is 2.02. The number of rotatable bonds is 2. The van der Waals surface area contributed by atoms with E-state index in [4.69, 9.17) is 11.6 Å². The van der Waals surface area contributed by atoms with Crippen LogP contribution in [0.5, 0.6) is 0 Å². The van der Waals surface area contributed by atoms with Crippen molar-refractivity contribution in [3.05, 3.63) is 53.3 Å². The standard InChI is InChI=1S/C14H12ClN/c15-14-3-1-2-11(7-14)13-6-12(8-16-9-13)10-4-5-10/h1-3,6-10H,4-5H2. The molecular weight excluding hydrogens is 218 g/mol. The highest BCUT2D eigenvalue weighted by Crippen LogP contribution is 2.40. The van der Waals surface area contributed by atoms with Gasteiger partial charge in [-0.2, -0.15) is 0 Å². The van der Waals surface area contributed by atoms with Crippen LogP contribution in [0.4, 0.5) is 0 Å². The lowest BCUT2D eigenvalue weighted by molar-refractivity contribution is 1.09. The van der Waals surface area contributed by atoms with Gasteiger partial charge in [-0.25, -0.2) is 0 Å². The van der Waals surface area contributed by atoms with Crippen LogP contribution in [0, 0.1) is 0 Å². The lowest BCUT2D eigenvalue weighted by Gasteiger charge is -2.04. The monoisotopic (exact) mass is 229 g/mol. The first-order chi connectivity index (χ1) is 7.83. The van der Waals surface area contributed by atoms with Gasteiger partial charge in [-0.05, 0) is 48.1 Å². The van der Waals surface area contributed by atoms with Crippen molar-refractivity contribution in [1.82, 2.24) is 4.98 Å². The van der Waals surface area contributed by atoms with Crippen molar-refractivity contribution in [2.45, 2.75) is 18.8 Å². The fraction of sp³-hybridized carbons (Fsp3) is 0.214. The molecular formula is C14H12ClN. The fourth-order valence-electron chi connectivity index (χ4n) is 1.92. The van der Waals surface area contributed by atoms with Crippen molar-refractivity contribution in [3.63, 3.8) is 0 Å². The van der Waals surface area contributed by atoms with E-state index in [0.717, 1.165) is 22.1 Å². The molecule has 80 valence electrons. The Kier molecular flexibility index (Phi) is 2.41. The van der Waals surface area contributed by atoms with Crippen molar-refractivity contribution in [2.24, 2.45) is 0 Å². The molecule has 1 fully saturated rings. The largest absolute Gasteiger partial charge is 0.264 e. The summed E-state index contributed by atoms with van der Waals surface area (Å²) in [6.45, 7) is 0. The molecule has 1 aliphatic rings. The van der Waals surface area contributed by atoms with Crippen LogP contribution in [-0.2, 0) is 0 Å². The van der Waals surface area contributed by atoms with Gasteiger partial charge in [0.1, 0.15) is 0 Å². The second-order valence-corrected chi connectivity index (χ2v) is 4.73. The van der Waals surface area contributed by atoms with E-state index in [0.29, 0.717) is 0 Å². The van der Waals surface area contributed by atoms with Gasteiger partial charge in [-0.3, -0.25) is 4.98 Å². The van der Waals surface area contributed by atoms with Crippen LogP contribution in [0.2, 0.25) is 5.02 Å². The predicted octanol–water partition coefficient (Wildman–Crippen LogP) is 4.28. The van der Waals surface area contributed by atoms with Gasteiger partial charge in [0.2, 0.25) is 0 Å². The zero-order valence-corrected chi connectivity index (χ0v) is 9.61. The van der Waals surface area contributed by atoms with Crippen LogP contribution >= 0.6 is 11.6 Å². The number of aromatic nitrogens is 1. The molecule has 1 heterocycles. The number of halogens is 1. The van der Waals surface area contributed by atoms with Crippen LogP contribution < -0.4 is 0 Å². The van der Waals surface area contributed by atoms with Gasteiger partial charge in [0, 0.05) is 23.0 Å². The van der Waals surface area contributed by atoms with Crippen LogP contribution in [-0.4, -0.2) is 4.98 Å². The first-order valence-electron chi connectivity index (χ1n) is 5.54. The fourth-order valence-corrected chi connectivity index (χ4v) is 2.11. The van der Waals surface area contributed by atoms with Crippen molar-refractivity contribution in [2.75, 3.05) is 0 Å². The molecule has 0 N–H and O–H groups in total. The van der Waals surface area contributed by atoms with Crippen LogP contribution in [0.3, 0.4) is 0 Å². The zero-order chi connectivity index (χ0) is 11.0. The Morgan fingerprint density at radius 3 is 2.69 bits per heavy atom. The number of benzene rings is 1. The number of hydrogen-bond donors (Lipinski definition) is 0. The van der Waals surface area contributed by atoms with Gasteiger partial charge in [0.05, 0.1) is 0 Å². The summed E-state index contributed by atoms with van der Waals surface area (Å²) < 4.78 is 0. The van der Waals surface area contributed by atoms with Gasteiger partial charge >= 0.3 is 0 Å². The molecule has 2 aromatic rings. The third-order valence-corrected chi connectivity index (χ3v) is 3.20. The molecule has 0 amide bonds. The normalized spacial score (nSPS) is 15.1. The van der Waals surface area contributed by atoms with Gasteiger partial charge in [-0.15, -0.1) is 0 Å². The second kappa shape index (κ2) is 3.91. The van der Waals surface area contributed by atoms with Crippen LogP contribution in [0.25, 0.3) is 11.1 Å². The number of pyridine rings is 1. The SMILES string of the molecule is Clc1cccc(-c2cncc(C3CC3)c2)c1. The Morgan fingerprint density at radius 2 is 1.94 bits per heavy atom. The van der Waals surface area contributed by atoms with Crippen molar-refractivity contribution >= 4 is 11.6 Å². The highest BCUT2D eigenvalue weighted by atomic mass is 35.5. The van der Waals surface area contributed by atoms with E-state index in [9.17, 15) is 0 Å². The van der Waals surface area contributed by atoms with Crippen molar-refractivity contribution in [1.29, 1.82) is 0 Å². The molecule has 0 spiro atoms. The minimum absolute atomic E-state index is 0.742. The van der Waals surface area contributed by atoms with E-state index >= 15 is 0 Å². The van der Waals surface area contributed by atoms with Crippen LogP contribution in [0.1, 0.15) is 24.3 Å². The Morgan fingerprint density at radius 1 is 1.06 bits per heavy atom. The molecule has 0 radical (unpaired) electrons.